The van der Waals surface area contributed by atoms with Gasteiger partial charge in [0.1, 0.15) is 24.2 Å². The summed E-state index contributed by atoms with van der Waals surface area (Å²) in [5.74, 6) is -0.279. The van der Waals surface area contributed by atoms with Crippen LogP contribution >= 0.6 is 39.3 Å². The van der Waals surface area contributed by atoms with E-state index >= 15 is 0 Å². The van der Waals surface area contributed by atoms with E-state index in [-0.39, 0.29) is 17.8 Å². The van der Waals surface area contributed by atoms with Gasteiger partial charge in [-0.1, -0.05) is 29.8 Å². The number of hydrogen-bond donors (Lipinski definition) is 2. The third kappa shape index (κ3) is 4.28. The van der Waals surface area contributed by atoms with Crippen molar-refractivity contribution >= 4 is 45.3 Å². The van der Waals surface area contributed by atoms with Crippen LogP contribution in [0.1, 0.15) is 16.5 Å². The zero-order valence-electron chi connectivity index (χ0n) is 12.8. The molecule has 1 aliphatic rings. The van der Waals surface area contributed by atoms with Crippen LogP contribution in [0.5, 0.6) is 5.75 Å². The lowest BCUT2D eigenvalue weighted by molar-refractivity contribution is -0.138. The number of ether oxygens (including phenoxy) is 1. The number of carboxylic acid groups (broad SMARTS) is 1. The first kappa shape index (κ1) is 18.5. The summed E-state index contributed by atoms with van der Waals surface area (Å²) in [5, 5.41) is 12.4. The number of benzene rings is 2. The van der Waals surface area contributed by atoms with Gasteiger partial charge in [-0.05, 0) is 34.1 Å². The fourth-order valence-electron chi connectivity index (χ4n) is 2.49. The Morgan fingerprint density at radius 2 is 2.20 bits per heavy atom. The average Bonchev–Trinajstić information content (AvgIpc) is 3.05. The van der Waals surface area contributed by atoms with E-state index in [9.17, 15) is 9.18 Å². The highest BCUT2D eigenvalue weighted by molar-refractivity contribution is 9.10. The van der Waals surface area contributed by atoms with Crippen LogP contribution < -0.4 is 10.1 Å². The minimum absolute atomic E-state index is 0.0552. The van der Waals surface area contributed by atoms with Crippen molar-refractivity contribution in [2.75, 3.05) is 5.75 Å². The summed E-state index contributed by atoms with van der Waals surface area (Å²) >= 11 is 11.0. The first-order valence-corrected chi connectivity index (χ1v) is 9.63. The van der Waals surface area contributed by atoms with Gasteiger partial charge in [0.25, 0.3) is 0 Å². The predicted octanol–water partition coefficient (Wildman–Crippen LogP) is 4.61. The molecule has 1 aliphatic heterocycles. The lowest BCUT2D eigenvalue weighted by Gasteiger charge is -2.19. The minimum atomic E-state index is -0.898. The Morgan fingerprint density at radius 1 is 1.44 bits per heavy atom. The second-order valence-electron chi connectivity index (χ2n) is 5.46. The molecule has 2 unspecified atom stereocenters. The van der Waals surface area contributed by atoms with Crippen LogP contribution in [0.15, 0.2) is 40.9 Å². The molecule has 0 radical (unpaired) electrons. The smallest absolute Gasteiger partial charge is 0.321 e. The predicted molar refractivity (Wildman–Crippen MR) is 99.6 cm³/mol. The van der Waals surface area contributed by atoms with Crippen LogP contribution in [0.4, 0.5) is 4.39 Å². The highest BCUT2D eigenvalue weighted by Gasteiger charge is 2.32. The molecule has 25 heavy (non-hydrogen) atoms. The normalized spacial score (nSPS) is 19.8. The number of halogens is 3. The number of carbonyl (C=O) groups is 1. The van der Waals surface area contributed by atoms with Crippen molar-refractivity contribution in [1.29, 1.82) is 0 Å². The molecule has 1 fully saturated rings. The number of aliphatic carboxylic acids is 1. The van der Waals surface area contributed by atoms with Gasteiger partial charge in [0, 0.05) is 21.9 Å². The average molecular weight is 447 g/mol. The molecular formula is C17H14BrClFNO3S. The minimum Gasteiger partial charge on any atom is -0.487 e. The van der Waals surface area contributed by atoms with Crippen molar-refractivity contribution in [3.8, 4) is 5.75 Å². The Hall–Kier alpha value is -1.28. The van der Waals surface area contributed by atoms with E-state index in [2.05, 4.69) is 21.2 Å². The zero-order chi connectivity index (χ0) is 18.0. The fraction of sp³-hybridized carbons (Fsp3) is 0.235. The van der Waals surface area contributed by atoms with Gasteiger partial charge in [0.15, 0.2) is 0 Å². The fourth-order valence-corrected chi connectivity index (χ4v) is 4.67. The van der Waals surface area contributed by atoms with Gasteiger partial charge in [-0.3, -0.25) is 10.1 Å². The molecule has 0 aromatic heterocycles. The Kier molecular flexibility index (Phi) is 5.89. The van der Waals surface area contributed by atoms with Crippen molar-refractivity contribution in [3.05, 3.63) is 62.8 Å². The van der Waals surface area contributed by atoms with Crippen LogP contribution in [0.3, 0.4) is 0 Å². The Balaban J connectivity index is 1.86. The van der Waals surface area contributed by atoms with Gasteiger partial charge in [0.2, 0.25) is 0 Å². The van der Waals surface area contributed by atoms with E-state index in [4.69, 9.17) is 21.4 Å². The van der Waals surface area contributed by atoms with Crippen molar-refractivity contribution in [3.63, 3.8) is 0 Å². The molecule has 0 aliphatic carbocycles. The summed E-state index contributed by atoms with van der Waals surface area (Å²) in [7, 11) is 0. The van der Waals surface area contributed by atoms with E-state index in [1.807, 2.05) is 0 Å². The molecule has 0 saturated carbocycles. The summed E-state index contributed by atoms with van der Waals surface area (Å²) in [6.07, 6.45) is 0. The molecular weight excluding hydrogens is 433 g/mol. The third-order valence-corrected chi connectivity index (χ3v) is 5.79. The van der Waals surface area contributed by atoms with Crippen LogP contribution in [-0.4, -0.2) is 22.9 Å². The van der Waals surface area contributed by atoms with E-state index in [0.29, 0.717) is 26.6 Å². The lowest BCUT2D eigenvalue weighted by Crippen LogP contribution is -2.33. The van der Waals surface area contributed by atoms with Crippen LogP contribution in [0.2, 0.25) is 5.02 Å². The number of hydrogen-bond acceptors (Lipinski definition) is 4. The standard InChI is InChI=1S/C17H14BrClFNO3S/c18-12-6-10(19)5-11(16-21-14(8-25-16)17(22)23)15(12)24-7-9-3-1-2-4-13(9)20/h1-6,14,16,21H,7-8H2,(H,22,23). The molecule has 1 heterocycles. The Labute approximate surface area is 161 Å². The van der Waals surface area contributed by atoms with E-state index in [1.165, 1.54) is 17.8 Å². The van der Waals surface area contributed by atoms with Crippen molar-refractivity contribution in [2.24, 2.45) is 0 Å². The topological polar surface area (TPSA) is 58.6 Å². The Morgan fingerprint density at radius 3 is 2.88 bits per heavy atom. The highest BCUT2D eigenvalue weighted by Crippen LogP contribution is 2.43. The maximum Gasteiger partial charge on any atom is 0.321 e. The van der Waals surface area contributed by atoms with Gasteiger partial charge >= 0.3 is 5.97 Å². The molecule has 8 heteroatoms. The van der Waals surface area contributed by atoms with Crippen LogP contribution in [-0.2, 0) is 11.4 Å². The first-order chi connectivity index (χ1) is 12.0. The van der Waals surface area contributed by atoms with Crippen molar-refractivity contribution in [2.45, 2.75) is 18.0 Å². The molecule has 2 atom stereocenters. The summed E-state index contributed by atoms with van der Waals surface area (Å²) in [5.41, 5.74) is 1.16. The first-order valence-electron chi connectivity index (χ1n) is 7.41. The number of nitrogens with one attached hydrogen (secondary N) is 1. The van der Waals surface area contributed by atoms with Crippen LogP contribution in [0.25, 0.3) is 0 Å². The molecule has 4 nitrogen and oxygen atoms in total. The quantitative estimate of drug-likeness (QED) is 0.702. The largest absolute Gasteiger partial charge is 0.487 e. The maximum atomic E-state index is 13.8. The molecule has 0 spiro atoms. The highest BCUT2D eigenvalue weighted by atomic mass is 79.9. The monoisotopic (exact) mass is 445 g/mol. The summed E-state index contributed by atoms with van der Waals surface area (Å²) in [4.78, 5) is 11.2. The van der Waals surface area contributed by atoms with Gasteiger partial charge in [0.05, 0.1) is 9.85 Å². The number of rotatable bonds is 5. The van der Waals surface area contributed by atoms with E-state index < -0.39 is 12.0 Å². The number of thioether (sulfide) groups is 1. The molecule has 0 amide bonds. The van der Waals surface area contributed by atoms with Gasteiger partial charge in [-0.15, -0.1) is 11.8 Å². The van der Waals surface area contributed by atoms with E-state index in [1.54, 1.807) is 30.3 Å². The van der Waals surface area contributed by atoms with Gasteiger partial charge < -0.3 is 9.84 Å². The van der Waals surface area contributed by atoms with Crippen molar-refractivity contribution in [1.82, 2.24) is 5.32 Å². The molecule has 2 aromatic rings. The van der Waals surface area contributed by atoms with Gasteiger partial charge in [-0.2, -0.15) is 0 Å². The second kappa shape index (κ2) is 7.95. The molecule has 3 rings (SSSR count). The maximum absolute atomic E-state index is 13.8. The molecule has 2 aromatic carbocycles. The van der Waals surface area contributed by atoms with Gasteiger partial charge in [-0.25, -0.2) is 4.39 Å². The lowest BCUT2D eigenvalue weighted by atomic mass is 10.1. The van der Waals surface area contributed by atoms with Crippen LogP contribution in [0, 0.1) is 5.82 Å². The second-order valence-corrected chi connectivity index (χ2v) is 7.89. The molecule has 1 saturated heterocycles. The Bertz CT molecular complexity index is 807. The summed E-state index contributed by atoms with van der Waals surface area (Å²) in [6.45, 7) is 0.0552. The molecule has 132 valence electrons. The summed E-state index contributed by atoms with van der Waals surface area (Å²) in [6, 6.07) is 9.18. The van der Waals surface area contributed by atoms with E-state index in [0.717, 1.165) is 5.56 Å². The summed E-state index contributed by atoms with van der Waals surface area (Å²) < 4.78 is 20.3. The SMILES string of the molecule is O=C(O)C1CSC(c2cc(Cl)cc(Br)c2OCc2ccccc2F)N1. The molecule has 2 N–H and O–H groups in total. The number of carboxylic acids is 1. The third-order valence-electron chi connectivity index (χ3n) is 3.73. The molecule has 0 bridgehead atoms. The zero-order valence-corrected chi connectivity index (χ0v) is 16.0. The van der Waals surface area contributed by atoms with Crippen molar-refractivity contribution < 1.29 is 19.0 Å².